The number of rotatable bonds is 5. The molecule has 11 heteroatoms. The quantitative estimate of drug-likeness (QED) is 0.349. The molecule has 0 aliphatic carbocycles. The van der Waals surface area contributed by atoms with Gasteiger partial charge < -0.3 is 39.7 Å². The van der Waals surface area contributed by atoms with E-state index in [0.29, 0.717) is 0 Å². The van der Waals surface area contributed by atoms with Gasteiger partial charge in [0.2, 0.25) is 5.79 Å². The number of ether oxygens (including phenoxy) is 3. The summed E-state index contributed by atoms with van der Waals surface area (Å²) in [4.78, 5) is 0. The van der Waals surface area contributed by atoms with Gasteiger partial charge in [0.05, 0.1) is 23.7 Å². The summed E-state index contributed by atoms with van der Waals surface area (Å²) in [5.41, 5.74) is 0. The first-order valence-electron chi connectivity index (χ1n) is 6.91. The van der Waals surface area contributed by atoms with Crippen LogP contribution in [-0.2, 0) is 14.2 Å². The first-order chi connectivity index (χ1) is 10.8. The molecule has 0 aromatic rings. The third-order valence-electron chi connectivity index (χ3n) is 3.96. The maximum absolute atomic E-state index is 10.1. The van der Waals surface area contributed by atoms with E-state index in [-0.39, 0.29) is 5.88 Å². The molecule has 0 spiro atoms. The number of hydrogen-bond donors (Lipinski definition) is 5. The molecule has 2 aliphatic rings. The van der Waals surface area contributed by atoms with Gasteiger partial charge in [-0.25, -0.2) is 0 Å². The fraction of sp³-hybridized carbons (Fsp3) is 1.00. The Labute approximate surface area is 147 Å². The largest absolute Gasteiger partial charge is 0.394 e. The molecular weight excluding hydrogens is 378 g/mol. The van der Waals surface area contributed by atoms with E-state index >= 15 is 0 Å². The maximum atomic E-state index is 10.1. The molecule has 0 aromatic heterocycles. The monoisotopic (exact) mass is 396 g/mol. The first-order valence-corrected chi connectivity index (χ1v) is 8.42. The van der Waals surface area contributed by atoms with Crippen molar-refractivity contribution in [3.8, 4) is 0 Å². The number of aliphatic hydroxyl groups excluding tert-OH is 5. The average molecular weight is 398 g/mol. The van der Waals surface area contributed by atoms with Gasteiger partial charge in [0.1, 0.15) is 36.6 Å². The van der Waals surface area contributed by atoms with Crippen molar-refractivity contribution in [2.24, 2.45) is 0 Å². The van der Waals surface area contributed by atoms with Crippen LogP contribution in [-0.4, -0.2) is 98.0 Å². The second-order valence-corrected chi connectivity index (χ2v) is 6.54. The Morgan fingerprint density at radius 2 is 1.65 bits per heavy atom. The third-order valence-corrected chi connectivity index (χ3v) is 5.17. The Hall–Kier alpha value is 0.550. The number of halogens is 3. The first kappa shape index (κ1) is 19.9. The highest BCUT2D eigenvalue weighted by atomic mass is 35.5. The molecule has 23 heavy (non-hydrogen) atoms. The van der Waals surface area contributed by atoms with Crippen LogP contribution in [0.3, 0.4) is 0 Å². The van der Waals surface area contributed by atoms with Crippen LogP contribution in [0.2, 0.25) is 0 Å². The molecule has 0 radical (unpaired) electrons. The van der Waals surface area contributed by atoms with E-state index < -0.39 is 66.6 Å². The van der Waals surface area contributed by atoms with Crippen molar-refractivity contribution in [2.45, 2.75) is 54.1 Å². The third kappa shape index (κ3) is 3.58. The highest BCUT2D eigenvalue weighted by Crippen LogP contribution is 2.37. The summed E-state index contributed by atoms with van der Waals surface area (Å²) in [6, 6.07) is 0. The number of aliphatic hydroxyl groups is 5. The normalized spacial score (nSPS) is 51.1. The minimum Gasteiger partial charge on any atom is -0.394 e. The maximum Gasteiger partial charge on any atom is 0.214 e. The van der Waals surface area contributed by atoms with Crippen molar-refractivity contribution in [2.75, 3.05) is 18.4 Å². The molecule has 2 aliphatic heterocycles. The van der Waals surface area contributed by atoms with E-state index in [2.05, 4.69) is 0 Å². The lowest BCUT2D eigenvalue weighted by atomic mass is 10.0. The molecule has 2 heterocycles. The molecule has 0 aromatic carbocycles. The van der Waals surface area contributed by atoms with Gasteiger partial charge in [-0.15, -0.1) is 34.8 Å². The van der Waals surface area contributed by atoms with Gasteiger partial charge in [-0.05, 0) is 0 Å². The Kier molecular flexibility index (Phi) is 6.77. The average Bonchev–Trinajstić information content (AvgIpc) is 2.80. The molecule has 2 saturated heterocycles. The van der Waals surface area contributed by atoms with Crippen LogP contribution in [0.25, 0.3) is 0 Å². The summed E-state index contributed by atoms with van der Waals surface area (Å²) in [7, 11) is 0. The summed E-state index contributed by atoms with van der Waals surface area (Å²) in [6.07, 6.45) is -9.39. The molecular formula is C12H19Cl3O8. The summed E-state index contributed by atoms with van der Waals surface area (Å²) in [6.45, 7) is -0.526. The minimum atomic E-state index is -1.90. The fourth-order valence-corrected chi connectivity index (χ4v) is 3.37. The van der Waals surface area contributed by atoms with E-state index in [9.17, 15) is 25.5 Å². The van der Waals surface area contributed by atoms with Gasteiger partial charge in [-0.2, -0.15) is 0 Å². The van der Waals surface area contributed by atoms with Crippen LogP contribution in [0.5, 0.6) is 0 Å². The molecule has 2 rings (SSSR count). The van der Waals surface area contributed by atoms with E-state index in [4.69, 9.17) is 49.0 Å². The van der Waals surface area contributed by atoms with Gasteiger partial charge in [-0.1, -0.05) is 0 Å². The molecule has 9 atom stereocenters. The van der Waals surface area contributed by atoms with Crippen molar-refractivity contribution >= 4 is 34.8 Å². The van der Waals surface area contributed by atoms with Crippen LogP contribution in [0.4, 0.5) is 0 Å². The van der Waals surface area contributed by atoms with Gasteiger partial charge in [-0.3, -0.25) is 0 Å². The SMILES string of the molecule is OCC1O[C@H](O[C@@]2(CCl)O[C@H](CCl)[C@H](O)[C@H]2O)C(O)C(O)[C@H]1Cl. The molecule has 2 fully saturated rings. The Balaban J connectivity index is 2.18. The van der Waals surface area contributed by atoms with Crippen molar-refractivity contribution in [3.05, 3.63) is 0 Å². The van der Waals surface area contributed by atoms with Crippen LogP contribution in [0.1, 0.15) is 0 Å². The van der Waals surface area contributed by atoms with Crippen LogP contribution < -0.4 is 0 Å². The smallest absolute Gasteiger partial charge is 0.214 e. The zero-order valence-electron chi connectivity index (χ0n) is 11.8. The zero-order chi connectivity index (χ0) is 17.4. The minimum absolute atomic E-state index is 0.125. The van der Waals surface area contributed by atoms with Gasteiger partial charge in [0.15, 0.2) is 6.29 Å². The van der Waals surface area contributed by atoms with Gasteiger partial charge >= 0.3 is 0 Å². The fourth-order valence-electron chi connectivity index (χ4n) is 2.56. The van der Waals surface area contributed by atoms with Crippen molar-refractivity contribution in [3.63, 3.8) is 0 Å². The highest BCUT2D eigenvalue weighted by Gasteiger charge is 2.58. The number of hydrogen-bond acceptors (Lipinski definition) is 8. The summed E-state index contributed by atoms with van der Waals surface area (Å²) < 4.78 is 16.1. The van der Waals surface area contributed by atoms with Gasteiger partial charge in [0.25, 0.3) is 0 Å². The molecule has 136 valence electrons. The predicted octanol–water partition coefficient (Wildman–Crippen LogP) is -1.66. The summed E-state index contributed by atoms with van der Waals surface area (Å²) >= 11 is 17.3. The molecule has 8 nitrogen and oxygen atoms in total. The van der Waals surface area contributed by atoms with E-state index in [0.717, 1.165) is 0 Å². The lowest BCUT2D eigenvalue weighted by Gasteiger charge is -2.43. The van der Waals surface area contributed by atoms with Crippen LogP contribution in [0.15, 0.2) is 0 Å². The predicted molar refractivity (Wildman–Crippen MR) is 79.5 cm³/mol. The highest BCUT2D eigenvalue weighted by molar-refractivity contribution is 6.21. The van der Waals surface area contributed by atoms with E-state index in [1.54, 1.807) is 0 Å². The lowest BCUT2D eigenvalue weighted by Crippen LogP contribution is -2.61. The molecule has 3 unspecified atom stereocenters. The number of alkyl halides is 3. The second-order valence-electron chi connectivity index (χ2n) is 5.46. The Bertz CT molecular complexity index is 403. The topological polar surface area (TPSA) is 129 Å². The zero-order valence-corrected chi connectivity index (χ0v) is 14.1. The van der Waals surface area contributed by atoms with Crippen molar-refractivity contribution < 1.29 is 39.7 Å². The summed E-state index contributed by atoms with van der Waals surface area (Å²) in [5.74, 6) is -2.43. The standard InChI is InChI=1S/C12H19Cl3O8/c13-1-4-7(17)10(20)12(3-14,22-4)23-11-9(19)8(18)6(15)5(2-16)21-11/h4-11,16-20H,1-3H2/t4-,5?,6+,7+,8?,9?,10-,11-,12-/m1/s1. The van der Waals surface area contributed by atoms with Crippen LogP contribution in [0, 0.1) is 0 Å². The van der Waals surface area contributed by atoms with Crippen molar-refractivity contribution in [1.82, 2.24) is 0 Å². The Morgan fingerprint density at radius 3 is 2.13 bits per heavy atom. The molecule has 0 bridgehead atoms. The van der Waals surface area contributed by atoms with E-state index in [1.165, 1.54) is 0 Å². The second kappa shape index (κ2) is 7.84. The van der Waals surface area contributed by atoms with Gasteiger partial charge in [0, 0.05) is 0 Å². The van der Waals surface area contributed by atoms with Crippen molar-refractivity contribution in [1.29, 1.82) is 0 Å². The molecule has 0 saturated carbocycles. The van der Waals surface area contributed by atoms with E-state index in [1.807, 2.05) is 0 Å². The molecule has 5 N–H and O–H groups in total. The molecule has 0 amide bonds. The van der Waals surface area contributed by atoms with Crippen LogP contribution >= 0.6 is 34.8 Å². The lowest BCUT2D eigenvalue weighted by molar-refractivity contribution is -0.357. The summed E-state index contributed by atoms with van der Waals surface area (Å²) in [5, 5.41) is 48.1. The Morgan fingerprint density at radius 1 is 1.00 bits per heavy atom.